The molecule has 1 aromatic heterocycles. The van der Waals surface area contributed by atoms with Gasteiger partial charge in [-0.15, -0.1) is 0 Å². The summed E-state index contributed by atoms with van der Waals surface area (Å²) >= 11 is 0. The van der Waals surface area contributed by atoms with Crippen LogP contribution >= 0.6 is 0 Å². The van der Waals surface area contributed by atoms with Gasteiger partial charge >= 0.3 is 5.97 Å². The highest BCUT2D eigenvalue weighted by Crippen LogP contribution is 2.19. The van der Waals surface area contributed by atoms with Crippen molar-refractivity contribution in [3.63, 3.8) is 0 Å². The fourth-order valence-corrected chi connectivity index (χ4v) is 2.57. The molecule has 6 nitrogen and oxygen atoms in total. The first-order valence-corrected chi connectivity index (χ1v) is 7.18. The van der Waals surface area contributed by atoms with Crippen LogP contribution in [0.3, 0.4) is 0 Å². The minimum atomic E-state index is -1.01. The molecule has 0 radical (unpaired) electrons. The van der Waals surface area contributed by atoms with E-state index in [-0.39, 0.29) is 12.0 Å². The van der Waals surface area contributed by atoms with Gasteiger partial charge in [-0.05, 0) is 25.3 Å². The molecule has 0 spiro atoms. The first-order chi connectivity index (χ1) is 10.3. The lowest BCUT2D eigenvalue weighted by molar-refractivity contribution is -0.163. The van der Waals surface area contributed by atoms with E-state index in [2.05, 4.69) is 5.10 Å². The van der Waals surface area contributed by atoms with Gasteiger partial charge in [-0.1, -0.05) is 18.2 Å². The van der Waals surface area contributed by atoms with Crippen molar-refractivity contribution in [1.29, 1.82) is 0 Å². The summed E-state index contributed by atoms with van der Waals surface area (Å²) in [5.41, 5.74) is 0.891. The van der Waals surface area contributed by atoms with Gasteiger partial charge in [0.2, 0.25) is 0 Å². The third-order valence-electron chi connectivity index (χ3n) is 3.61. The summed E-state index contributed by atoms with van der Waals surface area (Å²) in [6, 6.07) is 7.32. The van der Waals surface area contributed by atoms with Crippen LogP contribution in [0, 0.1) is 0 Å². The maximum atomic E-state index is 11.2. The lowest BCUT2D eigenvalue weighted by atomic mass is 10.2. The van der Waals surface area contributed by atoms with E-state index in [1.807, 2.05) is 18.2 Å². The number of carboxylic acid groups (broad SMARTS) is 1. The van der Waals surface area contributed by atoms with Crippen molar-refractivity contribution in [3.8, 4) is 0 Å². The second kappa shape index (κ2) is 6.24. The lowest BCUT2D eigenvalue weighted by Crippen LogP contribution is -2.24. The highest BCUT2D eigenvalue weighted by molar-refractivity contribution is 6.01. The van der Waals surface area contributed by atoms with Gasteiger partial charge in [0.1, 0.15) is 0 Å². The fourth-order valence-electron chi connectivity index (χ4n) is 2.57. The van der Waals surface area contributed by atoms with Crippen LogP contribution < -0.4 is 0 Å². The van der Waals surface area contributed by atoms with Crippen LogP contribution in [0.5, 0.6) is 0 Å². The number of nitrogens with zero attached hydrogens (tertiary/aromatic N) is 2. The fraction of sp³-hybridized carbons (Fsp3) is 0.467. The van der Waals surface area contributed by atoms with Crippen LogP contribution in [0.25, 0.3) is 10.9 Å². The van der Waals surface area contributed by atoms with E-state index < -0.39 is 5.97 Å². The molecule has 0 aliphatic carbocycles. The molecule has 1 aliphatic heterocycles. The lowest BCUT2D eigenvalue weighted by Gasteiger charge is -2.22. The quantitative estimate of drug-likeness (QED) is 0.914. The maximum absolute atomic E-state index is 11.2. The second-order valence-electron chi connectivity index (χ2n) is 5.06. The molecule has 21 heavy (non-hydrogen) atoms. The predicted molar refractivity (Wildman–Crippen MR) is 76.2 cm³/mol. The predicted octanol–water partition coefficient (Wildman–Crippen LogP) is 2.28. The van der Waals surface area contributed by atoms with Crippen LogP contribution in [0.1, 0.15) is 29.8 Å². The van der Waals surface area contributed by atoms with Crippen molar-refractivity contribution in [2.45, 2.75) is 32.1 Å². The van der Waals surface area contributed by atoms with Crippen molar-refractivity contribution >= 4 is 16.9 Å². The van der Waals surface area contributed by atoms with Crippen LogP contribution in [0.2, 0.25) is 0 Å². The first kappa shape index (κ1) is 14.0. The molecule has 1 atom stereocenters. The number of hydrogen-bond donors (Lipinski definition) is 1. The molecule has 1 unspecified atom stereocenters. The Morgan fingerprint density at radius 1 is 1.43 bits per heavy atom. The molecular weight excluding hydrogens is 272 g/mol. The number of carboxylic acids is 1. The summed E-state index contributed by atoms with van der Waals surface area (Å²) in [6.45, 7) is 1.71. The molecule has 0 amide bonds. The zero-order valence-corrected chi connectivity index (χ0v) is 11.7. The highest BCUT2D eigenvalue weighted by Gasteiger charge is 2.17. The molecule has 112 valence electrons. The molecule has 1 fully saturated rings. The summed E-state index contributed by atoms with van der Waals surface area (Å²) in [6.07, 6.45) is 2.99. The summed E-state index contributed by atoms with van der Waals surface area (Å²) in [5, 5.41) is 14.0. The van der Waals surface area contributed by atoms with E-state index in [0.29, 0.717) is 18.5 Å². The number of carbonyl (C=O) groups is 1. The Morgan fingerprint density at radius 2 is 2.29 bits per heavy atom. The van der Waals surface area contributed by atoms with E-state index in [1.165, 1.54) is 0 Å². The molecule has 0 saturated carbocycles. The SMILES string of the molecule is O=C(O)c1nn(CCOC2CCCCO2)c2ccccc12. The monoisotopic (exact) mass is 290 g/mol. The maximum Gasteiger partial charge on any atom is 0.357 e. The molecule has 1 saturated heterocycles. The van der Waals surface area contributed by atoms with E-state index in [0.717, 1.165) is 31.4 Å². The van der Waals surface area contributed by atoms with E-state index >= 15 is 0 Å². The zero-order chi connectivity index (χ0) is 14.7. The first-order valence-electron chi connectivity index (χ1n) is 7.18. The molecule has 2 aromatic rings. The summed E-state index contributed by atoms with van der Waals surface area (Å²) in [5.74, 6) is -1.01. The van der Waals surface area contributed by atoms with Gasteiger partial charge in [-0.2, -0.15) is 5.10 Å². The van der Waals surface area contributed by atoms with Crippen LogP contribution in [-0.2, 0) is 16.0 Å². The van der Waals surface area contributed by atoms with Crippen molar-refractivity contribution in [2.24, 2.45) is 0 Å². The number of aromatic carboxylic acids is 1. The number of benzene rings is 1. The average molecular weight is 290 g/mol. The summed E-state index contributed by atoms with van der Waals surface area (Å²) in [4.78, 5) is 11.2. The Morgan fingerprint density at radius 3 is 3.05 bits per heavy atom. The summed E-state index contributed by atoms with van der Waals surface area (Å²) < 4.78 is 12.9. The Balaban J connectivity index is 1.70. The van der Waals surface area contributed by atoms with E-state index in [1.54, 1.807) is 10.7 Å². The van der Waals surface area contributed by atoms with Gasteiger partial charge in [-0.25, -0.2) is 4.79 Å². The minimum absolute atomic E-state index is 0.0829. The van der Waals surface area contributed by atoms with Gasteiger partial charge in [0, 0.05) is 12.0 Å². The molecule has 1 N–H and O–H groups in total. The molecular formula is C15H18N2O4. The minimum Gasteiger partial charge on any atom is -0.476 e. The Bertz CT molecular complexity index is 632. The average Bonchev–Trinajstić information content (AvgIpc) is 2.88. The van der Waals surface area contributed by atoms with Gasteiger partial charge in [0.05, 0.1) is 18.7 Å². The third-order valence-corrected chi connectivity index (χ3v) is 3.61. The zero-order valence-electron chi connectivity index (χ0n) is 11.7. The molecule has 1 aliphatic rings. The number of para-hydroxylation sites is 1. The van der Waals surface area contributed by atoms with Crippen molar-refractivity contribution in [3.05, 3.63) is 30.0 Å². The Kier molecular flexibility index (Phi) is 4.17. The smallest absolute Gasteiger partial charge is 0.357 e. The number of aromatic nitrogens is 2. The molecule has 2 heterocycles. The van der Waals surface area contributed by atoms with Crippen molar-refractivity contribution in [2.75, 3.05) is 13.2 Å². The third kappa shape index (κ3) is 3.06. The molecule has 0 bridgehead atoms. The normalized spacial score (nSPS) is 19.0. The van der Waals surface area contributed by atoms with Crippen LogP contribution in [-0.4, -0.2) is 40.4 Å². The Hall–Kier alpha value is -1.92. The second-order valence-corrected chi connectivity index (χ2v) is 5.06. The number of fused-ring (bicyclic) bond motifs is 1. The number of rotatable bonds is 5. The van der Waals surface area contributed by atoms with Crippen molar-refractivity contribution in [1.82, 2.24) is 9.78 Å². The van der Waals surface area contributed by atoms with Gasteiger partial charge in [0.25, 0.3) is 0 Å². The number of hydrogen-bond acceptors (Lipinski definition) is 4. The Labute approximate surface area is 122 Å². The van der Waals surface area contributed by atoms with E-state index in [4.69, 9.17) is 9.47 Å². The van der Waals surface area contributed by atoms with Gasteiger partial charge in [-0.3, -0.25) is 4.68 Å². The van der Waals surface area contributed by atoms with Crippen molar-refractivity contribution < 1.29 is 19.4 Å². The number of ether oxygens (including phenoxy) is 2. The van der Waals surface area contributed by atoms with E-state index in [9.17, 15) is 9.90 Å². The van der Waals surface area contributed by atoms with Crippen LogP contribution in [0.4, 0.5) is 0 Å². The van der Waals surface area contributed by atoms with Gasteiger partial charge in [0.15, 0.2) is 12.0 Å². The summed E-state index contributed by atoms with van der Waals surface area (Å²) in [7, 11) is 0. The standard InChI is InChI=1S/C15H18N2O4/c18-15(19)14-11-5-1-2-6-12(11)17(16-14)8-10-21-13-7-3-4-9-20-13/h1-2,5-6,13H,3-4,7-10H2,(H,18,19). The van der Waals surface area contributed by atoms with Crippen LogP contribution in [0.15, 0.2) is 24.3 Å². The molecule has 1 aromatic carbocycles. The topological polar surface area (TPSA) is 73.6 Å². The van der Waals surface area contributed by atoms with Gasteiger partial charge < -0.3 is 14.6 Å². The highest BCUT2D eigenvalue weighted by atomic mass is 16.7. The molecule has 6 heteroatoms. The molecule has 3 rings (SSSR count). The largest absolute Gasteiger partial charge is 0.476 e.